The van der Waals surface area contributed by atoms with Gasteiger partial charge in [0.2, 0.25) is 6.10 Å². The molecular formula is C14H15NO7. The molecule has 0 unspecified atom stereocenters. The summed E-state index contributed by atoms with van der Waals surface area (Å²) in [6.45, 7) is 1.10. The highest BCUT2D eigenvalue weighted by Gasteiger charge is 2.29. The van der Waals surface area contributed by atoms with E-state index in [0.717, 1.165) is 0 Å². The molecular weight excluding hydrogens is 294 g/mol. The summed E-state index contributed by atoms with van der Waals surface area (Å²) in [5.74, 6) is -0.587. The van der Waals surface area contributed by atoms with Crippen LogP contribution in [0.2, 0.25) is 0 Å². The Kier molecular flexibility index (Phi) is 5.18. The molecule has 0 aliphatic carbocycles. The summed E-state index contributed by atoms with van der Waals surface area (Å²) >= 11 is 0. The molecule has 0 aromatic heterocycles. The normalized spacial score (nSPS) is 15.6. The van der Waals surface area contributed by atoms with Crippen molar-refractivity contribution in [2.24, 2.45) is 0 Å². The molecule has 1 aromatic rings. The average Bonchev–Trinajstić information content (AvgIpc) is 2.52. The summed E-state index contributed by atoms with van der Waals surface area (Å²) in [5, 5.41) is 1.91. The number of carbonyl (C=O) groups excluding carboxylic acids is 3. The van der Waals surface area contributed by atoms with Crippen molar-refractivity contribution >= 4 is 18.0 Å². The van der Waals surface area contributed by atoms with Crippen LogP contribution in [-0.4, -0.2) is 43.9 Å². The molecule has 1 aliphatic heterocycles. The van der Waals surface area contributed by atoms with E-state index in [4.69, 9.17) is 14.2 Å². The maximum absolute atomic E-state index is 11.8. The van der Waals surface area contributed by atoms with Crippen LogP contribution < -0.4 is 14.8 Å². The monoisotopic (exact) mass is 309 g/mol. The van der Waals surface area contributed by atoms with Crippen molar-refractivity contribution in [3.05, 3.63) is 24.3 Å². The van der Waals surface area contributed by atoms with Gasteiger partial charge in [-0.15, -0.1) is 0 Å². The lowest BCUT2D eigenvalue weighted by atomic mass is 10.2. The van der Waals surface area contributed by atoms with Crippen molar-refractivity contribution in [1.29, 1.82) is 0 Å². The van der Waals surface area contributed by atoms with E-state index < -0.39 is 30.7 Å². The quantitative estimate of drug-likeness (QED) is 0.815. The van der Waals surface area contributed by atoms with Crippen LogP contribution in [0.1, 0.15) is 6.92 Å². The third kappa shape index (κ3) is 4.11. The summed E-state index contributed by atoms with van der Waals surface area (Å²) in [6, 6.07) is 6.88. The zero-order valence-electron chi connectivity index (χ0n) is 11.9. The van der Waals surface area contributed by atoms with Crippen molar-refractivity contribution < 1.29 is 33.3 Å². The van der Waals surface area contributed by atoms with Crippen molar-refractivity contribution in [3.63, 3.8) is 0 Å². The predicted molar refractivity (Wildman–Crippen MR) is 72.5 cm³/mol. The van der Waals surface area contributed by atoms with Crippen molar-refractivity contribution in [2.45, 2.75) is 13.0 Å². The third-order valence-corrected chi connectivity index (χ3v) is 2.63. The van der Waals surface area contributed by atoms with Gasteiger partial charge in [-0.2, -0.15) is 0 Å². The van der Waals surface area contributed by atoms with Crippen LogP contribution in [-0.2, 0) is 19.1 Å². The number of nitrogens with one attached hydrogen (secondary N) is 1. The molecule has 8 heteroatoms. The second-order valence-corrected chi connectivity index (χ2v) is 4.24. The molecule has 8 nitrogen and oxygen atoms in total. The molecule has 0 fully saturated rings. The number of benzene rings is 1. The lowest BCUT2D eigenvalue weighted by Gasteiger charge is -2.24. The first-order chi connectivity index (χ1) is 10.6. The number of alkyl carbamates (subject to hydrolysis) is 1. The fourth-order valence-electron chi connectivity index (χ4n) is 1.68. The second kappa shape index (κ2) is 7.30. The molecule has 2 rings (SSSR count). The van der Waals surface area contributed by atoms with Crippen LogP contribution in [0.15, 0.2) is 24.3 Å². The van der Waals surface area contributed by atoms with Crippen LogP contribution in [0.3, 0.4) is 0 Å². The van der Waals surface area contributed by atoms with Crippen LogP contribution in [0.4, 0.5) is 4.79 Å². The number of hydrogen-bond acceptors (Lipinski definition) is 7. The summed E-state index contributed by atoms with van der Waals surface area (Å²) in [7, 11) is 0. The van der Waals surface area contributed by atoms with E-state index in [1.807, 2.05) is 5.32 Å². The summed E-state index contributed by atoms with van der Waals surface area (Å²) in [5.41, 5.74) is 0. The molecule has 1 heterocycles. The van der Waals surface area contributed by atoms with E-state index in [1.54, 1.807) is 31.2 Å². The lowest BCUT2D eigenvalue weighted by molar-refractivity contribution is -0.157. The van der Waals surface area contributed by atoms with Crippen molar-refractivity contribution in [3.8, 4) is 11.5 Å². The molecule has 1 aliphatic rings. The Hall–Kier alpha value is -2.77. The van der Waals surface area contributed by atoms with Crippen molar-refractivity contribution in [1.82, 2.24) is 5.32 Å². The average molecular weight is 309 g/mol. The van der Waals surface area contributed by atoms with Gasteiger partial charge in [0.25, 0.3) is 5.91 Å². The zero-order chi connectivity index (χ0) is 15.9. The van der Waals surface area contributed by atoms with E-state index in [9.17, 15) is 14.4 Å². The SMILES string of the molecule is CCOC(=O)NC(=O)COC(=O)[C@H]1COc2ccccc2O1. The van der Waals surface area contributed by atoms with Gasteiger partial charge in [0.1, 0.15) is 6.61 Å². The molecule has 0 spiro atoms. The van der Waals surface area contributed by atoms with Gasteiger partial charge in [0.05, 0.1) is 6.61 Å². The highest BCUT2D eigenvalue weighted by atomic mass is 16.6. The number of fused-ring (bicyclic) bond motifs is 1. The van der Waals surface area contributed by atoms with Gasteiger partial charge in [-0.25, -0.2) is 9.59 Å². The topological polar surface area (TPSA) is 100 Å². The minimum absolute atomic E-state index is 0.0185. The summed E-state index contributed by atoms with van der Waals surface area (Å²) < 4.78 is 20.1. The minimum Gasteiger partial charge on any atom is -0.485 e. The van der Waals surface area contributed by atoms with Gasteiger partial charge in [-0.3, -0.25) is 10.1 Å². The largest absolute Gasteiger partial charge is 0.485 e. The fraction of sp³-hybridized carbons (Fsp3) is 0.357. The number of rotatable bonds is 4. The molecule has 1 aromatic carbocycles. The van der Waals surface area contributed by atoms with Crippen LogP contribution in [0, 0.1) is 0 Å². The highest BCUT2D eigenvalue weighted by Crippen LogP contribution is 2.30. The van der Waals surface area contributed by atoms with Gasteiger partial charge < -0.3 is 18.9 Å². The molecule has 1 N–H and O–H groups in total. The highest BCUT2D eigenvalue weighted by molar-refractivity contribution is 5.93. The van der Waals surface area contributed by atoms with E-state index >= 15 is 0 Å². The number of imide groups is 1. The summed E-state index contributed by atoms with van der Waals surface area (Å²) in [4.78, 5) is 34.2. The van der Waals surface area contributed by atoms with Gasteiger partial charge in [0, 0.05) is 0 Å². The van der Waals surface area contributed by atoms with Crippen LogP contribution in [0.25, 0.3) is 0 Å². The van der Waals surface area contributed by atoms with Gasteiger partial charge in [-0.05, 0) is 19.1 Å². The van der Waals surface area contributed by atoms with Gasteiger partial charge in [-0.1, -0.05) is 12.1 Å². The number of carbonyl (C=O) groups is 3. The lowest BCUT2D eigenvalue weighted by Crippen LogP contribution is -2.40. The Labute approximate surface area is 126 Å². The first kappa shape index (κ1) is 15.6. The zero-order valence-corrected chi connectivity index (χ0v) is 11.9. The minimum atomic E-state index is -0.967. The number of esters is 1. The number of amides is 2. The molecule has 0 radical (unpaired) electrons. The van der Waals surface area contributed by atoms with Gasteiger partial charge >= 0.3 is 12.1 Å². The molecule has 118 valence electrons. The van der Waals surface area contributed by atoms with Crippen LogP contribution in [0.5, 0.6) is 11.5 Å². The molecule has 0 bridgehead atoms. The van der Waals surface area contributed by atoms with E-state index in [1.165, 1.54) is 0 Å². The Morgan fingerprint density at radius 1 is 1.23 bits per heavy atom. The Morgan fingerprint density at radius 3 is 2.68 bits per heavy atom. The Balaban J connectivity index is 1.79. The maximum Gasteiger partial charge on any atom is 0.413 e. The number of para-hydroxylation sites is 2. The van der Waals surface area contributed by atoms with Crippen LogP contribution >= 0.6 is 0 Å². The molecule has 2 amide bonds. The fourth-order valence-corrected chi connectivity index (χ4v) is 1.68. The summed E-state index contributed by atoms with van der Waals surface area (Å²) in [6.07, 6.45) is -1.86. The van der Waals surface area contributed by atoms with E-state index in [0.29, 0.717) is 11.5 Å². The standard InChI is InChI=1S/C14H15NO7/c1-2-19-14(18)15-12(16)8-21-13(17)11-7-20-9-5-3-4-6-10(9)22-11/h3-6,11H,2,7-8H2,1H3,(H,15,16,18)/t11-/m1/s1. The first-order valence-electron chi connectivity index (χ1n) is 6.62. The maximum atomic E-state index is 11.8. The third-order valence-electron chi connectivity index (χ3n) is 2.63. The molecule has 0 saturated carbocycles. The number of ether oxygens (including phenoxy) is 4. The smallest absolute Gasteiger partial charge is 0.413 e. The molecule has 1 atom stereocenters. The first-order valence-corrected chi connectivity index (χ1v) is 6.62. The second-order valence-electron chi connectivity index (χ2n) is 4.24. The molecule has 0 saturated heterocycles. The Bertz CT molecular complexity index is 572. The number of hydrogen-bond donors (Lipinski definition) is 1. The Morgan fingerprint density at radius 2 is 1.95 bits per heavy atom. The predicted octanol–water partition coefficient (Wildman–Crippen LogP) is 0.642. The van der Waals surface area contributed by atoms with E-state index in [2.05, 4.69) is 4.74 Å². The van der Waals surface area contributed by atoms with Crippen molar-refractivity contribution in [2.75, 3.05) is 19.8 Å². The van der Waals surface area contributed by atoms with Gasteiger partial charge in [0.15, 0.2) is 18.1 Å². The van der Waals surface area contributed by atoms with E-state index in [-0.39, 0.29) is 13.2 Å². The molecule has 22 heavy (non-hydrogen) atoms.